The molecule has 0 aliphatic rings. The Kier molecular flexibility index (Phi) is 5.67. The lowest BCUT2D eigenvalue weighted by Gasteiger charge is -2.13. The van der Waals surface area contributed by atoms with Crippen LogP contribution in [0.2, 0.25) is 0 Å². The lowest BCUT2D eigenvalue weighted by Crippen LogP contribution is -2.03. The summed E-state index contributed by atoms with van der Waals surface area (Å²) in [5.74, 6) is 0.339. The van der Waals surface area contributed by atoms with Gasteiger partial charge in [0.1, 0.15) is 12.2 Å². The number of hydrogen-bond acceptors (Lipinski definition) is 6. The third kappa shape index (κ3) is 4.31. The monoisotopic (exact) mass is 344 g/mol. The Balaban J connectivity index is 2.53. The largest absolute Gasteiger partial charge is 0.493 e. The van der Waals surface area contributed by atoms with E-state index in [9.17, 15) is 20.2 Å². The van der Waals surface area contributed by atoms with Crippen LogP contribution in [0.15, 0.2) is 48.2 Å². The van der Waals surface area contributed by atoms with Crippen LogP contribution in [0.5, 0.6) is 11.5 Å². The predicted molar refractivity (Wildman–Crippen MR) is 91.1 cm³/mol. The van der Waals surface area contributed by atoms with E-state index < -0.39 is 9.85 Å². The third-order valence-electron chi connectivity index (χ3n) is 3.42. The first-order valence-electron chi connectivity index (χ1n) is 7.28. The van der Waals surface area contributed by atoms with Crippen molar-refractivity contribution >= 4 is 11.8 Å². The molecule has 0 aliphatic heterocycles. The molecule has 2 aromatic rings. The molecule has 0 amide bonds. The van der Waals surface area contributed by atoms with E-state index in [-0.39, 0.29) is 35.1 Å². The molecule has 0 saturated carbocycles. The molecule has 2 rings (SSSR count). The van der Waals surface area contributed by atoms with E-state index in [0.717, 1.165) is 11.6 Å². The van der Waals surface area contributed by atoms with Crippen LogP contribution in [-0.2, 0) is 6.61 Å². The van der Waals surface area contributed by atoms with Gasteiger partial charge in [0.2, 0.25) is 5.70 Å². The van der Waals surface area contributed by atoms with Crippen molar-refractivity contribution in [3.63, 3.8) is 0 Å². The standard InChI is InChI=1S/C17H16N2O6/c1-12(18(20)21)10-14-15(19(22)23)8-9-16(24-2)17(14)25-11-13-6-4-3-5-7-13/h3-10H,11H2,1-2H3. The van der Waals surface area contributed by atoms with Gasteiger partial charge >= 0.3 is 0 Å². The molecule has 0 heterocycles. The molecule has 0 saturated heterocycles. The average molecular weight is 344 g/mol. The Morgan fingerprint density at radius 3 is 2.36 bits per heavy atom. The van der Waals surface area contributed by atoms with Gasteiger partial charge in [-0.05, 0) is 11.6 Å². The third-order valence-corrected chi connectivity index (χ3v) is 3.42. The number of benzene rings is 2. The van der Waals surface area contributed by atoms with Gasteiger partial charge in [-0.15, -0.1) is 0 Å². The normalized spacial score (nSPS) is 11.0. The van der Waals surface area contributed by atoms with Crippen molar-refractivity contribution in [1.29, 1.82) is 0 Å². The van der Waals surface area contributed by atoms with E-state index in [1.807, 2.05) is 30.3 Å². The first-order valence-corrected chi connectivity index (χ1v) is 7.28. The highest BCUT2D eigenvalue weighted by Gasteiger charge is 2.23. The number of methoxy groups -OCH3 is 1. The highest BCUT2D eigenvalue weighted by molar-refractivity contribution is 5.72. The second kappa shape index (κ2) is 7.91. The highest BCUT2D eigenvalue weighted by Crippen LogP contribution is 2.39. The zero-order valence-electron chi connectivity index (χ0n) is 13.7. The van der Waals surface area contributed by atoms with Crippen molar-refractivity contribution < 1.29 is 19.3 Å². The summed E-state index contributed by atoms with van der Waals surface area (Å²) in [6.07, 6.45) is 1.11. The maximum absolute atomic E-state index is 11.3. The van der Waals surface area contributed by atoms with Crippen LogP contribution < -0.4 is 9.47 Å². The fourth-order valence-corrected chi connectivity index (χ4v) is 2.17. The number of nitrogens with zero attached hydrogens (tertiary/aromatic N) is 2. The van der Waals surface area contributed by atoms with Crippen LogP contribution >= 0.6 is 0 Å². The first-order chi connectivity index (χ1) is 11.9. The van der Waals surface area contributed by atoms with E-state index in [1.165, 1.54) is 26.2 Å². The molecule has 0 atom stereocenters. The second-order valence-corrected chi connectivity index (χ2v) is 5.10. The molecule has 0 bridgehead atoms. The molecular weight excluding hydrogens is 328 g/mol. The zero-order chi connectivity index (χ0) is 18.4. The molecule has 8 heteroatoms. The van der Waals surface area contributed by atoms with Crippen molar-refractivity contribution in [2.45, 2.75) is 13.5 Å². The molecule has 0 aliphatic carbocycles. The number of allylic oxidation sites excluding steroid dienone is 1. The predicted octanol–water partition coefficient (Wildman–Crippen LogP) is 3.82. The summed E-state index contributed by atoms with van der Waals surface area (Å²) in [6, 6.07) is 11.8. The lowest BCUT2D eigenvalue weighted by atomic mass is 10.1. The van der Waals surface area contributed by atoms with Gasteiger partial charge < -0.3 is 9.47 Å². The number of nitro groups is 2. The molecule has 0 unspecified atom stereocenters. The molecular formula is C17H16N2O6. The van der Waals surface area contributed by atoms with Crippen molar-refractivity contribution in [2.24, 2.45) is 0 Å². The van der Waals surface area contributed by atoms with Crippen LogP contribution in [0, 0.1) is 20.2 Å². The van der Waals surface area contributed by atoms with Crippen molar-refractivity contribution in [2.75, 3.05) is 7.11 Å². The van der Waals surface area contributed by atoms with E-state index in [2.05, 4.69) is 0 Å². The molecule has 25 heavy (non-hydrogen) atoms. The van der Waals surface area contributed by atoms with Crippen LogP contribution in [0.3, 0.4) is 0 Å². The lowest BCUT2D eigenvalue weighted by molar-refractivity contribution is -0.422. The van der Waals surface area contributed by atoms with E-state index >= 15 is 0 Å². The molecule has 0 aromatic heterocycles. The minimum absolute atomic E-state index is 0.00511. The van der Waals surface area contributed by atoms with E-state index in [0.29, 0.717) is 0 Å². The summed E-state index contributed by atoms with van der Waals surface area (Å²) in [5.41, 5.74) is 0.289. The summed E-state index contributed by atoms with van der Waals surface area (Å²) in [5, 5.41) is 22.2. The van der Waals surface area contributed by atoms with Gasteiger partial charge in [0.25, 0.3) is 5.69 Å². The number of nitro benzene ring substituents is 1. The van der Waals surface area contributed by atoms with Gasteiger partial charge in [0.05, 0.1) is 17.0 Å². The summed E-state index contributed by atoms with van der Waals surface area (Å²) in [4.78, 5) is 21.0. The Morgan fingerprint density at radius 1 is 1.12 bits per heavy atom. The Bertz CT molecular complexity index is 817. The smallest absolute Gasteiger partial charge is 0.280 e. The first kappa shape index (κ1) is 17.9. The molecule has 0 fully saturated rings. The van der Waals surface area contributed by atoms with E-state index in [1.54, 1.807) is 0 Å². The summed E-state index contributed by atoms with van der Waals surface area (Å²) >= 11 is 0. The van der Waals surface area contributed by atoms with Crippen LogP contribution in [0.25, 0.3) is 6.08 Å². The molecule has 8 nitrogen and oxygen atoms in total. The number of ether oxygens (including phenoxy) is 2. The summed E-state index contributed by atoms with van der Waals surface area (Å²) in [7, 11) is 1.39. The van der Waals surface area contributed by atoms with Gasteiger partial charge in [-0.3, -0.25) is 20.2 Å². The number of hydrogen-bond donors (Lipinski definition) is 0. The van der Waals surface area contributed by atoms with Crippen molar-refractivity contribution in [3.8, 4) is 11.5 Å². The Labute approximate surface area is 143 Å². The summed E-state index contributed by atoms with van der Waals surface area (Å²) < 4.78 is 10.9. The van der Waals surface area contributed by atoms with Crippen LogP contribution in [0.1, 0.15) is 18.1 Å². The molecule has 0 radical (unpaired) electrons. The van der Waals surface area contributed by atoms with Crippen LogP contribution in [-0.4, -0.2) is 17.0 Å². The fourth-order valence-electron chi connectivity index (χ4n) is 2.17. The SMILES string of the molecule is COc1ccc([N+](=O)[O-])c(C=C(C)[N+](=O)[O-])c1OCc1ccccc1. The summed E-state index contributed by atoms with van der Waals surface area (Å²) in [6.45, 7) is 1.39. The fraction of sp³-hybridized carbons (Fsp3) is 0.176. The zero-order valence-corrected chi connectivity index (χ0v) is 13.7. The van der Waals surface area contributed by atoms with Crippen LogP contribution in [0.4, 0.5) is 5.69 Å². The maximum atomic E-state index is 11.3. The van der Waals surface area contributed by atoms with Gasteiger partial charge in [-0.1, -0.05) is 30.3 Å². The highest BCUT2D eigenvalue weighted by atomic mass is 16.6. The van der Waals surface area contributed by atoms with Gasteiger partial charge in [-0.25, -0.2) is 0 Å². The van der Waals surface area contributed by atoms with Gasteiger partial charge in [-0.2, -0.15) is 0 Å². The number of rotatable bonds is 7. The Morgan fingerprint density at radius 2 is 1.80 bits per heavy atom. The van der Waals surface area contributed by atoms with E-state index in [4.69, 9.17) is 9.47 Å². The molecule has 130 valence electrons. The quantitative estimate of drug-likeness (QED) is 0.558. The minimum atomic E-state index is -0.621. The van der Waals surface area contributed by atoms with Gasteiger partial charge in [0, 0.05) is 19.1 Å². The minimum Gasteiger partial charge on any atom is -0.493 e. The average Bonchev–Trinajstić information content (AvgIpc) is 2.60. The molecule has 0 spiro atoms. The molecule has 0 N–H and O–H groups in total. The van der Waals surface area contributed by atoms with Crippen molar-refractivity contribution in [1.82, 2.24) is 0 Å². The second-order valence-electron chi connectivity index (χ2n) is 5.10. The topological polar surface area (TPSA) is 105 Å². The molecule has 2 aromatic carbocycles. The Hall–Kier alpha value is -3.42. The van der Waals surface area contributed by atoms with Crippen molar-refractivity contribution in [3.05, 3.63) is 79.5 Å². The van der Waals surface area contributed by atoms with Gasteiger partial charge in [0.15, 0.2) is 11.5 Å². The maximum Gasteiger partial charge on any atom is 0.280 e.